The fourth-order valence-electron chi connectivity index (χ4n) is 5.79. The quantitative estimate of drug-likeness (QED) is 0.123. The third-order valence-electron chi connectivity index (χ3n) is 8.33. The van der Waals surface area contributed by atoms with Crippen LogP contribution in [0.3, 0.4) is 0 Å². The summed E-state index contributed by atoms with van der Waals surface area (Å²) >= 11 is 12.3. The lowest BCUT2D eigenvalue weighted by Gasteiger charge is -2.24. The lowest BCUT2D eigenvalue weighted by Crippen LogP contribution is -2.36. The van der Waals surface area contributed by atoms with Crippen molar-refractivity contribution in [1.29, 1.82) is 0 Å². The summed E-state index contributed by atoms with van der Waals surface area (Å²) in [6.45, 7) is 0. The molecule has 1 fully saturated rings. The van der Waals surface area contributed by atoms with E-state index in [4.69, 9.17) is 33.2 Å². The number of hydrogen-bond acceptors (Lipinski definition) is 7. The Morgan fingerprint density at radius 1 is 0.532 bits per heavy atom. The minimum Gasteiger partial charge on any atom is -0.344 e. The van der Waals surface area contributed by atoms with Crippen LogP contribution in [0.15, 0.2) is 160 Å². The van der Waals surface area contributed by atoms with E-state index in [9.17, 15) is 0 Å². The fourth-order valence-corrected chi connectivity index (χ4v) is 6.25. The number of aliphatic imine (C=N–C) groups is 3. The molecule has 4 unspecified atom stereocenters. The Hall–Kier alpha value is -5.05. The number of hydrogen-bond donors (Lipinski definition) is 3. The standard InChI is InChI=1S/C38H29Cl2N7/c39-32-23-33(40)42-38(41-32)47-37(46-47)31-21-19-30(20-22-31)36-44-34(28-15-11-26(12-16-28)24-7-3-1-4-8-24)43-35(45-36)29-17-13-27(14-18-29)25-9-5-2-6-10-25/h1-23,34,37-38,41,46H,(H,43,44,45). The summed E-state index contributed by atoms with van der Waals surface area (Å²) in [4.78, 5) is 14.5. The predicted octanol–water partition coefficient (Wildman–Crippen LogP) is 7.94. The number of hydrazine groups is 1. The molecular weight excluding hydrogens is 625 g/mol. The highest BCUT2D eigenvalue weighted by Crippen LogP contribution is 2.33. The van der Waals surface area contributed by atoms with Gasteiger partial charge >= 0.3 is 0 Å². The second kappa shape index (κ2) is 12.6. The highest BCUT2D eigenvalue weighted by molar-refractivity contribution is 6.69. The molecule has 5 aromatic carbocycles. The first-order valence-electron chi connectivity index (χ1n) is 15.3. The smallest absolute Gasteiger partial charge is 0.192 e. The van der Waals surface area contributed by atoms with E-state index in [1.807, 2.05) is 17.1 Å². The van der Waals surface area contributed by atoms with Crippen LogP contribution in [-0.4, -0.2) is 28.1 Å². The monoisotopic (exact) mass is 653 g/mol. The number of nitrogens with one attached hydrogen (secondary N) is 3. The number of amidine groups is 2. The fraction of sp³-hybridized carbons (Fsp3) is 0.0789. The first kappa shape index (κ1) is 29.4. The highest BCUT2D eigenvalue weighted by atomic mass is 35.5. The van der Waals surface area contributed by atoms with Crippen LogP contribution in [0.25, 0.3) is 22.3 Å². The summed E-state index contributed by atoms with van der Waals surface area (Å²) in [7, 11) is 0. The van der Waals surface area contributed by atoms with E-state index in [0.29, 0.717) is 16.2 Å². The van der Waals surface area contributed by atoms with Crippen LogP contribution in [0.1, 0.15) is 34.6 Å². The van der Waals surface area contributed by atoms with Gasteiger partial charge in [0.25, 0.3) is 0 Å². The number of halogens is 2. The molecule has 0 amide bonds. The molecule has 0 aromatic heterocycles. The van der Waals surface area contributed by atoms with Crippen LogP contribution >= 0.6 is 23.2 Å². The van der Waals surface area contributed by atoms with Gasteiger partial charge in [-0.15, -0.1) is 0 Å². The summed E-state index contributed by atoms with van der Waals surface area (Å²) in [6.07, 6.45) is 0.872. The van der Waals surface area contributed by atoms with E-state index >= 15 is 0 Å². The van der Waals surface area contributed by atoms with Gasteiger partial charge in [0, 0.05) is 17.2 Å². The maximum atomic E-state index is 6.16. The molecule has 9 heteroatoms. The molecule has 230 valence electrons. The molecule has 0 radical (unpaired) electrons. The molecule has 0 bridgehead atoms. The second-order valence-corrected chi connectivity index (χ2v) is 12.2. The zero-order valence-corrected chi connectivity index (χ0v) is 26.6. The van der Waals surface area contributed by atoms with E-state index in [2.05, 4.69) is 142 Å². The van der Waals surface area contributed by atoms with E-state index in [0.717, 1.165) is 39.2 Å². The topological polar surface area (TPSA) is 86.1 Å². The molecular formula is C38H29Cl2N7. The minimum atomic E-state index is -0.382. The van der Waals surface area contributed by atoms with Gasteiger partial charge in [-0.2, -0.15) is 5.01 Å². The number of benzene rings is 5. The summed E-state index contributed by atoms with van der Waals surface area (Å²) in [5, 5.41) is 9.48. The van der Waals surface area contributed by atoms with Gasteiger partial charge in [0.2, 0.25) is 0 Å². The van der Waals surface area contributed by atoms with E-state index < -0.39 is 0 Å². The summed E-state index contributed by atoms with van der Waals surface area (Å²) in [5.74, 6) is 1.44. The molecule has 3 aliphatic rings. The first-order valence-corrected chi connectivity index (χ1v) is 16.1. The lowest BCUT2D eigenvalue weighted by atomic mass is 10.0. The number of nitrogens with zero attached hydrogens (tertiary/aromatic N) is 4. The molecule has 8 rings (SSSR count). The predicted molar refractivity (Wildman–Crippen MR) is 191 cm³/mol. The van der Waals surface area contributed by atoms with Gasteiger partial charge in [-0.3, -0.25) is 0 Å². The molecule has 5 aromatic rings. The second-order valence-electron chi connectivity index (χ2n) is 11.4. The molecule has 7 nitrogen and oxygen atoms in total. The van der Waals surface area contributed by atoms with Crippen molar-refractivity contribution in [3.63, 3.8) is 0 Å². The van der Waals surface area contributed by atoms with Crippen molar-refractivity contribution in [2.45, 2.75) is 18.6 Å². The Kier molecular flexibility index (Phi) is 7.89. The van der Waals surface area contributed by atoms with Crippen molar-refractivity contribution >= 4 is 40.0 Å². The molecule has 3 heterocycles. The molecule has 0 aliphatic carbocycles. The van der Waals surface area contributed by atoms with Crippen molar-refractivity contribution < 1.29 is 0 Å². The van der Waals surface area contributed by atoms with Crippen LogP contribution in [0.4, 0.5) is 0 Å². The van der Waals surface area contributed by atoms with Crippen molar-refractivity contribution in [3.05, 3.63) is 167 Å². The Morgan fingerprint density at radius 2 is 1.06 bits per heavy atom. The van der Waals surface area contributed by atoms with Gasteiger partial charge in [0.1, 0.15) is 28.5 Å². The zero-order chi connectivity index (χ0) is 31.7. The van der Waals surface area contributed by atoms with Gasteiger partial charge in [0.15, 0.2) is 12.1 Å². The third-order valence-corrected chi connectivity index (χ3v) is 8.75. The van der Waals surface area contributed by atoms with Crippen molar-refractivity contribution in [1.82, 2.24) is 21.1 Å². The maximum absolute atomic E-state index is 6.16. The van der Waals surface area contributed by atoms with Crippen molar-refractivity contribution in [2.75, 3.05) is 0 Å². The van der Waals surface area contributed by atoms with Crippen LogP contribution in [0.2, 0.25) is 0 Å². The average Bonchev–Trinajstić information content (AvgIpc) is 3.94. The van der Waals surface area contributed by atoms with Crippen molar-refractivity contribution in [3.8, 4) is 22.3 Å². The first-order chi connectivity index (χ1) is 23.1. The molecule has 4 atom stereocenters. The number of allylic oxidation sites excluding steroid dienone is 1. The van der Waals surface area contributed by atoms with E-state index in [-0.39, 0.29) is 18.6 Å². The third kappa shape index (κ3) is 6.35. The van der Waals surface area contributed by atoms with E-state index in [1.165, 1.54) is 11.1 Å². The Balaban J connectivity index is 1.08. The van der Waals surface area contributed by atoms with Gasteiger partial charge in [-0.1, -0.05) is 157 Å². The molecule has 1 saturated heterocycles. The highest BCUT2D eigenvalue weighted by Gasteiger charge is 2.41. The summed E-state index contributed by atoms with van der Waals surface area (Å²) in [5.41, 5.74) is 12.1. The minimum absolute atomic E-state index is 0.0228. The Morgan fingerprint density at radius 3 is 1.68 bits per heavy atom. The molecule has 0 spiro atoms. The van der Waals surface area contributed by atoms with E-state index in [1.54, 1.807) is 6.08 Å². The van der Waals surface area contributed by atoms with Crippen LogP contribution in [-0.2, 0) is 0 Å². The Bertz CT molecular complexity index is 2020. The van der Waals surface area contributed by atoms with Crippen molar-refractivity contribution in [2.24, 2.45) is 15.0 Å². The van der Waals surface area contributed by atoms with Crippen LogP contribution in [0, 0.1) is 0 Å². The normalized spacial score (nSPS) is 21.7. The molecule has 47 heavy (non-hydrogen) atoms. The van der Waals surface area contributed by atoms with Gasteiger partial charge in [-0.25, -0.2) is 20.4 Å². The molecule has 3 N–H and O–H groups in total. The summed E-state index contributed by atoms with van der Waals surface area (Å²) < 4.78 is 0. The largest absolute Gasteiger partial charge is 0.344 e. The SMILES string of the molecule is ClC1=CC(Cl)=NC(N2NC2c2ccc(C3=NC(c4ccc(-c5ccccc5)cc4)NC(c4ccc(-c5ccccc5)cc4)=N3)cc2)N1. The molecule has 0 saturated carbocycles. The Labute approximate surface area is 283 Å². The van der Waals surface area contributed by atoms with Gasteiger partial charge in [-0.05, 0) is 33.4 Å². The maximum Gasteiger partial charge on any atom is 0.192 e. The lowest BCUT2D eigenvalue weighted by molar-refractivity contribution is 0.326. The van der Waals surface area contributed by atoms with Gasteiger partial charge in [0.05, 0.1) is 0 Å². The molecule has 3 aliphatic heterocycles. The average molecular weight is 655 g/mol. The summed E-state index contributed by atoms with van der Waals surface area (Å²) in [6, 6.07) is 46.1. The zero-order valence-electron chi connectivity index (χ0n) is 25.1. The van der Waals surface area contributed by atoms with Crippen LogP contribution in [0.5, 0.6) is 0 Å². The number of rotatable bonds is 7. The van der Waals surface area contributed by atoms with Gasteiger partial charge < -0.3 is 10.6 Å². The van der Waals surface area contributed by atoms with Crippen LogP contribution < -0.4 is 16.1 Å².